The molecule has 1 saturated heterocycles. The van der Waals surface area contributed by atoms with Gasteiger partial charge in [-0.2, -0.15) is 9.80 Å². The molecule has 3 unspecified atom stereocenters. The molecule has 0 bridgehead atoms. The van der Waals surface area contributed by atoms with E-state index in [1.54, 1.807) is 58.0 Å². The molecule has 1 aliphatic heterocycles. The number of carboxylic acids is 1. The maximum atomic E-state index is 13.8. The van der Waals surface area contributed by atoms with Crippen LogP contribution in [0.25, 0.3) is 0 Å². The number of hydrogen-bond donors (Lipinski definition) is 2. The molecular weight excluding hydrogens is 416 g/mol. The molecule has 1 aromatic carbocycles. The molecule has 176 valence electrons. The van der Waals surface area contributed by atoms with Gasteiger partial charge in [-0.25, -0.2) is 4.79 Å². The Kier molecular flexibility index (Phi) is 7.34. The Morgan fingerprint density at radius 3 is 2.22 bits per heavy atom. The Balaban J connectivity index is 2.80. The molecule has 1 aromatic rings. The first kappa shape index (κ1) is 25.3. The number of amides is 2. The Morgan fingerprint density at radius 1 is 1.16 bits per heavy atom. The van der Waals surface area contributed by atoms with E-state index < -0.39 is 45.4 Å². The molecule has 1 heterocycles. The number of esters is 1. The van der Waals surface area contributed by atoms with Gasteiger partial charge in [0.05, 0.1) is 6.61 Å². The largest absolute Gasteiger partial charge is 0.539 e. The van der Waals surface area contributed by atoms with Crippen LogP contribution in [0.1, 0.15) is 53.0 Å². The molecule has 1 fully saturated rings. The molecule has 2 amide bonds. The maximum Gasteiger partial charge on any atom is 0.539 e. The van der Waals surface area contributed by atoms with Crippen molar-refractivity contribution in [2.24, 2.45) is 11.3 Å². The lowest BCUT2D eigenvalue weighted by Gasteiger charge is -2.56. The number of rotatable bonds is 6. The molecule has 32 heavy (non-hydrogen) atoms. The van der Waals surface area contributed by atoms with Crippen LogP contribution in [0.2, 0.25) is 0 Å². The molecule has 0 radical (unpaired) electrons. The third-order valence-electron chi connectivity index (χ3n) is 6.27. The van der Waals surface area contributed by atoms with E-state index in [0.717, 1.165) is 5.01 Å². The predicted octanol–water partition coefficient (Wildman–Crippen LogP) is 3.29. The van der Waals surface area contributed by atoms with Crippen molar-refractivity contribution >= 4 is 23.9 Å². The van der Waals surface area contributed by atoms with E-state index in [1.165, 1.54) is 6.92 Å². The van der Waals surface area contributed by atoms with Crippen LogP contribution in [0.5, 0.6) is 0 Å². The highest BCUT2D eigenvalue weighted by Gasteiger charge is 2.68. The van der Waals surface area contributed by atoms with Crippen molar-refractivity contribution in [1.29, 1.82) is 0 Å². The van der Waals surface area contributed by atoms with Crippen molar-refractivity contribution in [2.45, 2.75) is 59.5 Å². The zero-order chi connectivity index (χ0) is 24.3. The zero-order valence-electron chi connectivity index (χ0n) is 19.3. The summed E-state index contributed by atoms with van der Waals surface area (Å²) in [6, 6.07) is 8.74. The Labute approximate surface area is 188 Å². The van der Waals surface area contributed by atoms with Crippen LogP contribution in [0, 0.1) is 11.3 Å². The van der Waals surface area contributed by atoms with Crippen molar-refractivity contribution in [3.63, 3.8) is 0 Å². The first-order valence-electron chi connectivity index (χ1n) is 10.7. The van der Waals surface area contributed by atoms with Gasteiger partial charge in [0.2, 0.25) is 0 Å². The second-order valence-electron chi connectivity index (χ2n) is 9.22. The summed E-state index contributed by atoms with van der Waals surface area (Å²) >= 11 is 0. The van der Waals surface area contributed by atoms with E-state index in [9.17, 15) is 29.4 Å². The van der Waals surface area contributed by atoms with Gasteiger partial charge < -0.3 is 14.9 Å². The number of ether oxygens (including phenoxy) is 1. The minimum absolute atomic E-state index is 0.0105. The number of nitrogens with zero attached hydrogens (tertiary/aromatic N) is 2. The van der Waals surface area contributed by atoms with Crippen LogP contribution < -0.4 is 0 Å². The van der Waals surface area contributed by atoms with Gasteiger partial charge in [-0.3, -0.25) is 9.59 Å². The standard InChI is InChI=1S/C23H32N2O7/c1-6-32-19(27)16(2)18(26)24-23(20(28)29,22(3,4)5)13-10-14-25(24,21(30)31)15-17-11-8-7-9-12-17/h7-9,11-12,16H,6,10,13-15H2,1-5H3,(H-,28,29,30,31)/p+1. The summed E-state index contributed by atoms with van der Waals surface area (Å²) in [5.41, 5.74) is -2.25. The number of quaternary nitrogens is 1. The summed E-state index contributed by atoms with van der Waals surface area (Å²) < 4.78 is 4.05. The minimum atomic E-state index is -1.85. The Bertz CT molecular complexity index is 880. The lowest BCUT2D eigenvalue weighted by Crippen LogP contribution is -2.80. The van der Waals surface area contributed by atoms with Crippen LogP contribution in [0.4, 0.5) is 4.79 Å². The first-order valence-corrected chi connectivity index (χ1v) is 10.7. The monoisotopic (exact) mass is 449 g/mol. The fraction of sp³-hybridized carbons (Fsp3) is 0.565. The number of aliphatic carboxylic acids is 1. The summed E-state index contributed by atoms with van der Waals surface area (Å²) in [5, 5.41) is 21.8. The van der Waals surface area contributed by atoms with Crippen molar-refractivity contribution in [2.75, 3.05) is 13.2 Å². The maximum absolute atomic E-state index is 13.8. The Hall–Kier alpha value is -2.94. The molecule has 2 rings (SSSR count). The van der Waals surface area contributed by atoms with E-state index >= 15 is 0 Å². The van der Waals surface area contributed by atoms with Gasteiger partial charge in [0, 0.05) is 17.4 Å². The summed E-state index contributed by atoms with van der Waals surface area (Å²) in [4.78, 5) is 51.8. The normalized spacial score (nSPS) is 24.5. The second kappa shape index (κ2) is 9.28. The third kappa shape index (κ3) is 4.21. The summed E-state index contributed by atoms with van der Waals surface area (Å²) in [6.07, 6.45) is -1.01. The van der Waals surface area contributed by atoms with E-state index in [0.29, 0.717) is 5.56 Å². The molecule has 0 spiro atoms. The minimum Gasteiger partial charge on any atom is -0.479 e. The number of benzene rings is 1. The van der Waals surface area contributed by atoms with Crippen LogP contribution in [0.15, 0.2) is 30.3 Å². The van der Waals surface area contributed by atoms with E-state index in [4.69, 9.17) is 4.74 Å². The quantitative estimate of drug-likeness (QED) is 0.388. The zero-order valence-corrected chi connectivity index (χ0v) is 19.3. The first-order chi connectivity index (χ1) is 14.8. The topological polar surface area (TPSA) is 121 Å². The molecule has 0 aliphatic carbocycles. The average molecular weight is 450 g/mol. The van der Waals surface area contributed by atoms with Gasteiger partial charge in [0.1, 0.15) is 19.0 Å². The van der Waals surface area contributed by atoms with Crippen molar-refractivity contribution < 1.29 is 38.7 Å². The van der Waals surface area contributed by atoms with Crippen molar-refractivity contribution in [1.82, 2.24) is 5.01 Å². The molecular formula is C23H33N2O7+. The van der Waals surface area contributed by atoms with Crippen LogP contribution in [0.3, 0.4) is 0 Å². The van der Waals surface area contributed by atoms with Crippen LogP contribution in [-0.4, -0.2) is 62.4 Å². The number of carboxylic acid groups (broad SMARTS) is 2. The summed E-state index contributed by atoms with van der Waals surface area (Å²) in [5.74, 6) is -4.36. The van der Waals surface area contributed by atoms with E-state index in [2.05, 4.69) is 0 Å². The van der Waals surface area contributed by atoms with Crippen molar-refractivity contribution in [3.8, 4) is 0 Å². The number of carbonyl (C=O) groups excluding carboxylic acids is 2. The van der Waals surface area contributed by atoms with E-state index in [1.807, 2.05) is 0 Å². The lowest BCUT2D eigenvalue weighted by molar-refractivity contribution is -0.985. The van der Waals surface area contributed by atoms with Gasteiger partial charge in [-0.1, -0.05) is 51.1 Å². The summed E-state index contributed by atoms with van der Waals surface area (Å²) in [6.45, 7) is 7.84. The smallest absolute Gasteiger partial charge is 0.479 e. The summed E-state index contributed by atoms with van der Waals surface area (Å²) in [7, 11) is 0. The van der Waals surface area contributed by atoms with Crippen LogP contribution >= 0.6 is 0 Å². The SMILES string of the molecule is CCOC(=O)C(C)C(=O)N1C(C(=O)O)(C(C)(C)C)CCC[N+]1(Cc1ccccc1)C(=O)O. The molecule has 0 aromatic heterocycles. The highest BCUT2D eigenvalue weighted by Crippen LogP contribution is 2.47. The molecule has 0 saturated carbocycles. The second-order valence-corrected chi connectivity index (χ2v) is 9.22. The molecule has 1 aliphatic rings. The van der Waals surface area contributed by atoms with Gasteiger partial charge in [0.15, 0.2) is 5.54 Å². The molecule has 9 nitrogen and oxygen atoms in total. The molecule has 9 heteroatoms. The van der Waals surface area contributed by atoms with Crippen LogP contribution in [-0.2, 0) is 25.7 Å². The predicted molar refractivity (Wildman–Crippen MR) is 115 cm³/mol. The van der Waals surface area contributed by atoms with Crippen molar-refractivity contribution in [3.05, 3.63) is 35.9 Å². The average Bonchev–Trinajstić information content (AvgIpc) is 2.72. The van der Waals surface area contributed by atoms with Gasteiger partial charge in [-0.15, -0.1) is 4.59 Å². The molecule has 2 N–H and O–H groups in total. The molecule has 3 atom stereocenters. The van der Waals surface area contributed by atoms with Gasteiger partial charge in [0.25, 0.3) is 5.91 Å². The fourth-order valence-electron chi connectivity index (χ4n) is 4.55. The third-order valence-corrected chi connectivity index (χ3v) is 6.27. The highest BCUT2D eigenvalue weighted by atomic mass is 16.5. The Morgan fingerprint density at radius 2 is 1.75 bits per heavy atom. The number of hydrogen-bond acceptors (Lipinski definition) is 5. The van der Waals surface area contributed by atoms with E-state index in [-0.39, 0.29) is 32.5 Å². The van der Waals surface area contributed by atoms with Gasteiger partial charge in [-0.05, 0) is 20.3 Å². The number of carbonyl (C=O) groups is 4. The fourth-order valence-corrected chi connectivity index (χ4v) is 4.55. The highest BCUT2D eigenvalue weighted by molar-refractivity contribution is 5.99. The van der Waals surface area contributed by atoms with Gasteiger partial charge >= 0.3 is 18.0 Å². The lowest BCUT2D eigenvalue weighted by atomic mass is 9.68.